The van der Waals surface area contributed by atoms with Crippen LogP contribution in [0.1, 0.15) is 22.5 Å². The number of para-hydroxylation sites is 1. The lowest BCUT2D eigenvalue weighted by Gasteiger charge is -2.06. The first kappa shape index (κ1) is 11.5. The van der Waals surface area contributed by atoms with E-state index in [-0.39, 0.29) is 5.78 Å². The number of hydrogen-bond donors (Lipinski definition) is 0. The molecule has 88 valence electrons. The molecule has 0 saturated heterocycles. The highest BCUT2D eigenvalue weighted by atomic mass is 16.5. The zero-order valence-corrected chi connectivity index (χ0v) is 9.68. The van der Waals surface area contributed by atoms with Crippen LogP contribution in [-0.2, 0) is 6.42 Å². The van der Waals surface area contributed by atoms with Gasteiger partial charge in [0.05, 0.1) is 18.9 Å². The Bertz CT molecular complexity index is 486. The number of hydrogen-bond acceptors (Lipinski definition) is 3. The Morgan fingerprint density at radius 3 is 2.76 bits per heavy atom. The second-order valence-corrected chi connectivity index (χ2v) is 3.70. The van der Waals surface area contributed by atoms with Crippen LogP contribution in [0.3, 0.4) is 0 Å². The minimum Gasteiger partial charge on any atom is -0.496 e. The molecule has 0 bridgehead atoms. The largest absolute Gasteiger partial charge is 0.496 e. The number of furan rings is 1. The number of rotatable bonds is 5. The maximum absolute atomic E-state index is 12.0. The first-order valence-corrected chi connectivity index (χ1v) is 5.50. The molecule has 1 heterocycles. The molecule has 3 heteroatoms. The molecule has 0 aliphatic heterocycles. The van der Waals surface area contributed by atoms with Crippen molar-refractivity contribution in [3.8, 4) is 5.75 Å². The normalized spacial score (nSPS) is 10.2. The van der Waals surface area contributed by atoms with Gasteiger partial charge in [0.2, 0.25) is 0 Å². The minimum absolute atomic E-state index is 0.0684. The first-order valence-electron chi connectivity index (χ1n) is 5.50. The predicted molar refractivity (Wildman–Crippen MR) is 64.4 cm³/mol. The van der Waals surface area contributed by atoms with E-state index in [0.717, 1.165) is 5.76 Å². The van der Waals surface area contributed by atoms with Crippen LogP contribution >= 0.6 is 0 Å². The fourth-order valence-electron chi connectivity index (χ4n) is 1.70. The lowest BCUT2D eigenvalue weighted by Crippen LogP contribution is -2.03. The molecule has 3 nitrogen and oxygen atoms in total. The highest BCUT2D eigenvalue weighted by Crippen LogP contribution is 2.19. The Morgan fingerprint density at radius 2 is 2.06 bits per heavy atom. The monoisotopic (exact) mass is 230 g/mol. The molecule has 0 atom stereocenters. The summed E-state index contributed by atoms with van der Waals surface area (Å²) < 4.78 is 10.4. The fourth-order valence-corrected chi connectivity index (χ4v) is 1.70. The predicted octanol–water partition coefficient (Wildman–Crippen LogP) is 3.10. The van der Waals surface area contributed by atoms with Gasteiger partial charge in [0.25, 0.3) is 0 Å². The van der Waals surface area contributed by atoms with Crippen molar-refractivity contribution in [2.75, 3.05) is 7.11 Å². The molecule has 0 fully saturated rings. The van der Waals surface area contributed by atoms with Crippen molar-refractivity contribution in [2.45, 2.75) is 12.8 Å². The van der Waals surface area contributed by atoms with Gasteiger partial charge in [-0.25, -0.2) is 0 Å². The number of carbonyl (C=O) groups is 1. The summed E-state index contributed by atoms with van der Waals surface area (Å²) in [5.74, 6) is 1.52. The Kier molecular flexibility index (Phi) is 3.60. The van der Waals surface area contributed by atoms with Crippen molar-refractivity contribution >= 4 is 5.78 Å². The van der Waals surface area contributed by atoms with Gasteiger partial charge in [-0.2, -0.15) is 0 Å². The average molecular weight is 230 g/mol. The number of benzene rings is 1. The average Bonchev–Trinajstić information content (AvgIpc) is 2.89. The molecule has 17 heavy (non-hydrogen) atoms. The summed E-state index contributed by atoms with van der Waals surface area (Å²) >= 11 is 0. The van der Waals surface area contributed by atoms with E-state index in [1.807, 2.05) is 24.3 Å². The topological polar surface area (TPSA) is 39.4 Å². The highest BCUT2D eigenvalue weighted by Gasteiger charge is 2.11. The van der Waals surface area contributed by atoms with Gasteiger partial charge in [-0.3, -0.25) is 4.79 Å². The van der Waals surface area contributed by atoms with E-state index in [4.69, 9.17) is 9.15 Å². The number of ether oxygens (including phenoxy) is 1. The summed E-state index contributed by atoms with van der Waals surface area (Å²) in [6.07, 6.45) is 2.65. The van der Waals surface area contributed by atoms with Crippen molar-refractivity contribution in [3.63, 3.8) is 0 Å². The molecule has 0 radical (unpaired) electrons. The maximum Gasteiger partial charge on any atom is 0.167 e. The molecule has 0 N–H and O–H groups in total. The van der Waals surface area contributed by atoms with E-state index in [1.54, 1.807) is 25.5 Å². The summed E-state index contributed by atoms with van der Waals surface area (Å²) in [5, 5.41) is 0. The third-order valence-electron chi connectivity index (χ3n) is 2.59. The van der Waals surface area contributed by atoms with E-state index in [0.29, 0.717) is 24.2 Å². The number of aryl methyl sites for hydroxylation is 1. The standard InChI is InChI=1S/C14H14O3/c1-16-14-7-3-2-6-12(14)13(15)9-8-11-5-4-10-17-11/h2-7,10H,8-9H2,1H3. The molecule has 1 aromatic carbocycles. The SMILES string of the molecule is COc1ccccc1C(=O)CCc1ccco1. The van der Waals surface area contributed by atoms with Crippen LogP contribution in [-0.4, -0.2) is 12.9 Å². The molecule has 2 rings (SSSR count). The van der Waals surface area contributed by atoms with Gasteiger partial charge >= 0.3 is 0 Å². The molecule has 1 aromatic heterocycles. The Balaban J connectivity index is 2.04. The number of Topliss-reactive ketones (excluding diaryl/α,β-unsaturated/α-hetero) is 1. The Morgan fingerprint density at radius 1 is 1.24 bits per heavy atom. The smallest absolute Gasteiger partial charge is 0.167 e. The van der Waals surface area contributed by atoms with Gasteiger partial charge in [0, 0.05) is 12.8 Å². The van der Waals surface area contributed by atoms with Gasteiger partial charge in [-0.1, -0.05) is 12.1 Å². The van der Waals surface area contributed by atoms with Gasteiger partial charge in [0.15, 0.2) is 5.78 Å². The second kappa shape index (κ2) is 5.34. The Labute approximate surface area is 100 Å². The molecule has 0 saturated carbocycles. The molecule has 0 spiro atoms. The number of methoxy groups -OCH3 is 1. The van der Waals surface area contributed by atoms with E-state index in [1.165, 1.54) is 0 Å². The molecular weight excluding hydrogens is 216 g/mol. The van der Waals surface area contributed by atoms with Gasteiger partial charge in [0.1, 0.15) is 11.5 Å². The minimum atomic E-state index is 0.0684. The van der Waals surface area contributed by atoms with E-state index in [2.05, 4.69) is 0 Å². The third kappa shape index (κ3) is 2.75. The highest BCUT2D eigenvalue weighted by molar-refractivity contribution is 5.98. The molecule has 0 aliphatic rings. The zero-order chi connectivity index (χ0) is 12.1. The summed E-state index contributed by atoms with van der Waals surface area (Å²) in [5.41, 5.74) is 0.626. The van der Waals surface area contributed by atoms with Crippen molar-refractivity contribution in [3.05, 3.63) is 54.0 Å². The number of carbonyl (C=O) groups excluding carboxylic acids is 1. The summed E-state index contributed by atoms with van der Waals surface area (Å²) in [4.78, 5) is 12.0. The Hall–Kier alpha value is -2.03. The van der Waals surface area contributed by atoms with E-state index in [9.17, 15) is 4.79 Å². The van der Waals surface area contributed by atoms with Crippen LogP contribution in [0.25, 0.3) is 0 Å². The lowest BCUT2D eigenvalue weighted by molar-refractivity contribution is 0.0978. The van der Waals surface area contributed by atoms with Gasteiger partial charge in [-0.15, -0.1) is 0 Å². The van der Waals surface area contributed by atoms with E-state index < -0.39 is 0 Å². The molecular formula is C14H14O3. The summed E-state index contributed by atoms with van der Waals surface area (Å²) in [6, 6.07) is 11.0. The van der Waals surface area contributed by atoms with Crippen LogP contribution in [0.2, 0.25) is 0 Å². The lowest BCUT2D eigenvalue weighted by atomic mass is 10.0. The van der Waals surface area contributed by atoms with Crippen molar-refractivity contribution < 1.29 is 13.9 Å². The molecule has 2 aromatic rings. The fraction of sp³-hybridized carbons (Fsp3) is 0.214. The molecule has 0 aliphatic carbocycles. The van der Waals surface area contributed by atoms with Gasteiger partial charge in [-0.05, 0) is 24.3 Å². The van der Waals surface area contributed by atoms with Gasteiger partial charge < -0.3 is 9.15 Å². The maximum atomic E-state index is 12.0. The van der Waals surface area contributed by atoms with Crippen LogP contribution in [0.15, 0.2) is 47.1 Å². The quantitative estimate of drug-likeness (QED) is 0.741. The van der Waals surface area contributed by atoms with Crippen LogP contribution in [0, 0.1) is 0 Å². The summed E-state index contributed by atoms with van der Waals surface area (Å²) in [7, 11) is 1.57. The van der Waals surface area contributed by atoms with Crippen molar-refractivity contribution in [1.29, 1.82) is 0 Å². The van der Waals surface area contributed by atoms with Crippen LogP contribution in [0.4, 0.5) is 0 Å². The third-order valence-corrected chi connectivity index (χ3v) is 2.59. The van der Waals surface area contributed by atoms with E-state index >= 15 is 0 Å². The van der Waals surface area contributed by atoms with Crippen LogP contribution in [0.5, 0.6) is 5.75 Å². The van der Waals surface area contributed by atoms with Crippen molar-refractivity contribution in [2.24, 2.45) is 0 Å². The zero-order valence-electron chi connectivity index (χ0n) is 9.68. The second-order valence-electron chi connectivity index (χ2n) is 3.70. The van der Waals surface area contributed by atoms with Crippen molar-refractivity contribution in [1.82, 2.24) is 0 Å². The number of ketones is 1. The molecule has 0 amide bonds. The summed E-state index contributed by atoms with van der Waals surface area (Å²) in [6.45, 7) is 0. The van der Waals surface area contributed by atoms with Crippen LogP contribution < -0.4 is 4.74 Å². The molecule has 0 unspecified atom stereocenters. The first-order chi connectivity index (χ1) is 8.31.